The van der Waals surface area contributed by atoms with Crippen LogP contribution in [-0.2, 0) is 17.8 Å². The molecule has 6 heteroatoms. The molecule has 1 aliphatic heterocycles. The maximum Gasteiger partial charge on any atom is 0.161 e. The Bertz CT molecular complexity index is 1030. The van der Waals surface area contributed by atoms with Gasteiger partial charge in [0.2, 0.25) is 0 Å². The molecule has 4 rings (SSSR count). The normalized spacial score (nSPS) is 15.6. The monoisotopic (exact) mass is 446 g/mol. The third-order valence-corrected chi connectivity index (χ3v) is 6.08. The van der Waals surface area contributed by atoms with Gasteiger partial charge in [0, 0.05) is 57.4 Å². The van der Waals surface area contributed by atoms with E-state index in [1.54, 1.807) is 7.11 Å². The van der Waals surface area contributed by atoms with Crippen molar-refractivity contribution in [3.63, 3.8) is 0 Å². The molecule has 0 spiro atoms. The van der Waals surface area contributed by atoms with Gasteiger partial charge in [0.1, 0.15) is 5.82 Å². The Morgan fingerprint density at radius 2 is 1.67 bits per heavy atom. The molecule has 1 aliphatic rings. The molecule has 3 aromatic rings. The summed E-state index contributed by atoms with van der Waals surface area (Å²) in [5.41, 5.74) is 5.56. The Balaban J connectivity index is 1.73. The van der Waals surface area contributed by atoms with Crippen LogP contribution in [0, 0.1) is 6.92 Å². The summed E-state index contributed by atoms with van der Waals surface area (Å²) in [6.07, 6.45) is 0.447. The number of rotatable bonds is 8. The van der Waals surface area contributed by atoms with Gasteiger partial charge in [0.25, 0.3) is 0 Å². The highest BCUT2D eigenvalue weighted by Gasteiger charge is 2.24. The Kier molecular flexibility index (Phi) is 7.70. The number of β-amino-alcohol motifs (C(OH)–C–C–N with tert-alkyl or cyclic N) is 1. The zero-order valence-electron chi connectivity index (χ0n) is 19.9. The maximum atomic E-state index is 9.78. The van der Waals surface area contributed by atoms with E-state index in [1.807, 2.05) is 25.1 Å². The molecule has 174 valence electrons. The minimum absolute atomic E-state index is 0.314. The van der Waals surface area contributed by atoms with E-state index in [2.05, 4.69) is 53.1 Å². The van der Waals surface area contributed by atoms with Gasteiger partial charge in [-0.3, -0.25) is 4.90 Å². The molecule has 6 nitrogen and oxygen atoms in total. The lowest BCUT2D eigenvalue weighted by molar-refractivity contribution is 0.122. The van der Waals surface area contributed by atoms with Crippen molar-refractivity contribution in [3.05, 3.63) is 77.0 Å². The highest BCUT2D eigenvalue weighted by molar-refractivity contribution is 5.61. The van der Waals surface area contributed by atoms with Crippen molar-refractivity contribution in [2.75, 3.05) is 44.7 Å². The zero-order chi connectivity index (χ0) is 23.2. The molecule has 2 heterocycles. The molecule has 0 bridgehead atoms. The second-order valence-corrected chi connectivity index (χ2v) is 8.89. The maximum absolute atomic E-state index is 9.78. The van der Waals surface area contributed by atoms with E-state index in [1.165, 1.54) is 11.1 Å². The minimum Gasteiger partial charge on any atom is -0.392 e. The van der Waals surface area contributed by atoms with Crippen LogP contribution < -0.4 is 4.90 Å². The molecule has 0 unspecified atom stereocenters. The number of aryl methyl sites for hydroxylation is 1. The number of piperazine rings is 1. The van der Waals surface area contributed by atoms with Crippen LogP contribution in [0.1, 0.15) is 29.3 Å². The molecule has 1 atom stereocenters. The number of aliphatic hydroxyl groups is 1. The third-order valence-electron chi connectivity index (χ3n) is 6.08. The smallest absolute Gasteiger partial charge is 0.161 e. The predicted molar refractivity (Wildman–Crippen MR) is 132 cm³/mol. The van der Waals surface area contributed by atoms with Crippen molar-refractivity contribution >= 4 is 5.82 Å². The molecular formula is C27H34N4O2. The Labute approximate surface area is 196 Å². The number of hydrogen-bond acceptors (Lipinski definition) is 6. The standard InChI is InChI=1S/C27H34N4O2/c1-20-9-11-22(12-10-20)17-24-25(19-33-3)28-26(23-7-5-4-6-8-23)29-27(24)31-15-13-30(14-16-31)18-21(2)32/h4-12,21,32H,13-19H2,1-3H3/t21-/m1/s1. The summed E-state index contributed by atoms with van der Waals surface area (Å²) in [4.78, 5) is 14.7. The summed E-state index contributed by atoms with van der Waals surface area (Å²) in [6.45, 7) is 8.64. The third kappa shape index (κ3) is 5.96. The van der Waals surface area contributed by atoms with Crippen LogP contribution in [0.25, 0.3) is 11.4 Å². The van der Waals surface area contributed by atoms with Gasteiger partial charge in [0.05, 0.1) is 18.4 Å². The van der Waals surface area contributed by atoms with Gasteiger partial charge in [-0.05, 0) is 19.4 Å². The number of hydrogen-bond donors (Lipinski definition) is 1. The first-order chi connectivity index (χ1) is 16.0. The first-order valence-electron chi connectivity index (χ1n) is 11.7. The number of methoxy groups -OCH3 is 1. The first kappa shape index (κ1) is 23.4. The second kappa shape index (κ2) is 10.9. The molecule has 1 aromatic heterocycles. The lowest BCUT2D eigenvalue weighted by Gasteiger charge is -2.37. The van der Waals surface area contributed by atoms with E-state index in [-0.39, 0.29) is 6.10 Å². The number of benzene rings is 2. The number of aromatic nitrogens is 2. The van der Waals surface area contributed by atoms with E-state index in [9.17, 15) is 5.11 Å². The molecule has 1 fully saturated rings. The fraction of sp³-hybridized carbons (Fsp3) is 0.407. The fourth-order valence-corrected chi connectivity index (χ4v) is 4.36. The van der Waals surface area contributed by atoms with Crippen molar-refractivity contribution in [1.29, 1.82) is 0 Å². The quantitative estimate of drug-likeness (QED) is 0.569. The van der Waals surface area contributed by atoms with Gasteiger partial charge >= 0.3 is 0 Å². The SMILES string of the molecule is COCc1nc(-c2ccccc2)nc(N2CCN(C[C@@H](C)O)CC2)c1Cc1ccc(C)cc1. The van der Waals surface area contributed by atoms with Gasteiger partial charge < -0.3 is 14.7 Å². The predicted octanol–water partition coefficient (Wildman–Crippen LogP) is 3.69. The molecule has 0 saturated carbocycles. The topological polar surface area (TPSA) is 61.7 Å². The molecule has 2 aromatic carbocycles. The average molecular weight is 447 g/mol. The lowest BCUT2D eigenvalue weighted by Crippen LogP contribution is -2.49. The number of aliphatic hydroxyl groups excluding tert-OH is 1. The van der Waals surface area contributed by atoms with Crippen LogP contribution in [0.3, 0.4) is 0 Å². The van der Waals surface area contributed by atoms with Crippen molar-refractivity contribution in [3.8, 4) is 11.4 Å². The van der Waals surface area contributed by atoms with E-state index < -0.39 is 0 Å². The van der Waals surface area contributed by atoms with Gasteiger partial charge in [-0.25, -0.2) is 9.97 Å². The molecule has 0 radical (unpaired) electrons. The molecule has 1 saturated heterocycles. The summed E-state index contributed by atoms with van der Waals surface area (Å²) in [7, 11) is 1.72. The average Bonchev–Trinajstić information content (AvgIpc) is 2.82. The van der Waals surface area contributed by atoms with Gasteiger partial charge in [-0.2, -0.15) is 0 Å². The molecular weight excluding hydrogens is 412 g/mol. The highest BCUT2D eigenvalue weighted by atomic mass is 16.5. The van der Waals surface area contributed by atoms with E-state index in [4.69, 9.17) is 14.7 Å². The van der Waals surface area contributed by atoms with Crippen LogP contribution in [0.2, 0.25) is 0 Å². The first-order valence-corrected chi connectivity index (χ1v) is 11.7. The van der Waals surface area contributed by atoms with Crippen molar-refractivity contribution < 1.29 is 9.84 Å². The summed E-state index contributed by atoms with van der Waals surface area (Å²) in [6, 6.07) is 18.8. The summed E-state index contributed by atoms with van der Waals surface area (Å²) < 4.78 is 5.57. The van der Waals surface area contributed by atoms with Gasteiger partial charge in [0.15, 0.2) is 5.82 Å². The Hall–Kier alpha value is -2.80. The summed E-state index contributed by atoms with van der Waals surface area (Å²) in [5, 5.41) is 9.78. The van der Waals surface area contributed by atoms with E-state index in [0.717, 1.165) is 61.1 Å². The Morgan fingerprint density at radius 1 is 0.970 bits per heavy atom. The van der Waals surface area contributed by atoms with Gasteiger partial charge in [-0.15, -0.1) is 0 Å². The molecule has 0 amide bonds. The minimum atomic E-state index is -0.314. The van der Waals surface area contributed by atoms with Crippen LogP contribution in [0.15, 0.2) is 54.6 Å². The number of anilines is 1. The van der Waals surface area contributed by atoms with Gasteiger partial charge in [-0.1, -0.05) is 60.2 Å². The molecule has 1 N–H and O–H groups in total. The number of nitrogens with zero attached hydrogens (tertiary/aromatic N) is 4. The zero-order valence-corrected chi connectivity index (χ0v) is 19.9. The van der Waals surface area contributed by atoms with Crippen LogP contribution >= 0.6 is 0 Å². The molecule has 33 heavy (non-hydrogen) atoms. The van der Waals surface area contributed by atoms with Crippen LogP contribution in [0.5, 0.6) is 0 Å². The lowest BCUT2D eigenvalue weighted by atomic mass is 10.0. The van der Waals surface area contributed by atoms with Crippen LogP contribution in [-0.4, -0.2) is 65.9 Å². The largest absolute Gasteiger partial charge is 0.392 e. The molecule has 0 aliphatic carbocycles. The highest BCUT2D eigenvalue weighted by Crippen LogP contribution is 2.29. The van der Waals surface area contributed by atoms with E-state index >= 15 is 0 Å². The number of ether oxygens (including phenoxy) is 1. The summed E-state index contributed by atoms with van der Waals surface area (Å²) in [5.74, 6) is 1.73. The Morgan fingerprint density at radius 3 is 2.30 bits per heavy atom. The van der Waals surface area contributed by atoms with Crippen molar-refractivity contribution in [1.82, 2.24) is 14.9 Å². The van der Waals surface area contributed by atoms with E-state index in [0.29, 0.717) is 13.2 Å². The van der Waals surface area contributed by atoms with Crippen molar-refractivity contribution in [2.24, 2.45) is 0 Å². The second-order valence-electron chi connectivity index (χ2n) is 8.89. The van der Waals surface area contributed by atoms with Crippen molar-refractivity contribution in [2.45, 2.75) is 33.0 Å². The summed E-state index contributed by atoms with van der Waals surface area (Å²) >= 11 is 0. The fourth-order valence-electron chi connectivity index (χ4n) is 4.36. The van der Waals surface area contributed by atoms with Crippen LogP contribution in [0.4, 0.5) is 5.82 Å².